The summed E-state index contributed by atoms with van der Waals surface area (Å²) in [7, 11) is 0. The molecule has 1 aromatic heterocycles. The van der Waals surface area contributed by atoms with Crippen molar-refractivity contribution in [2.24, 2.45) is 5.92 Å². The number of carbonyl (C=O) groups excluding carboxylic acids is 1. The van der Waals surface area contributed by atoms with Crippen molar-refractivity contribution in [1.82, 2.24) is 0 Å². The predicted molar refractivity (Wildman–Crippen MR) is 60.4 cm³/mol. The smallest absolute Gasteiger partial charge is 0.166 e. The van der Waals surface area contributed by atoms with E-state index in [-0.39, 0.29) is 11.7 Å². The highest BCUT2D eigenvalue weighted by Gasteiger charge is 2.29. The highest BCUT2D eigenvalue weighted by atomic mass is 16.3. The summed E-state index contributed by atoms with van der Waals surface area (Å²) in [4.78, 5) is 12.1. The first-order valence-electron chi connectivity index (χ1n) is 5.48. The van der Waals surface area contributed by atoms with Crippen molar-refractivity contribution in [1.29, 1.82) is 0 Å². The number of hydrogen-bond acceptors (Lipinski definition) is 2. The molecule has 3 rings (SSSR count). The second-order valence-corrected chi connectivity index (χ2v) is 4.26. The molecule has 1 aliphatic carbocycles. The molecule has 0 saturated heterocycles. The van der Waals surface area contributed by atoms with Gasteiger partial charge in [0.2, 0.25) is 0 Å². The van der Waals surface area contributed by atoms with Gasteiger partial charge in [-0.15, -0.1) is 0 Å². The van der Waals surface area contributed by atoms with Gasteiger partial charge in [-0.3, -0.25) is 4.79 Å². The quantitative estimate of drug-likeness (QED) is 0.766. The van der Waals surface area contributed by atoms with Crippen LogP contribution in [0.15, 0.2) is 47.3 Å². The standard InChI is InChI=1S/C14H12O2/c15-14-12(7-10-5-6-16-9-10)8-11-3-1-2-4-13(11)14/h1-6,9,12H,7-8H2. The molecule has 1 aliphatic rings. The summed E-state index contributed by atoms with van der Waals surface area (Å²) in [6.45, 7) is 0. The first-order chi connectivity index (χ1) is 7.84. The van der Waals surface area contributed by atoms with Crippen LogP contribution in [0.1, 0.15) is 21.5 Å². The highest BCUT2D eigenvalue weighted by Crippen LogP contribution is 2.28. The third kappa shape index (κ3) is 1.47. The lowest BCUT2D eigenvalue weighted by molar-refractivity contribution is 0.0936. The van der Waals surface area contributed by atoms with Gasteiger partial charge in [0.05, 0.1) is 12.5 Å². The van der Waals surface area contributed by atoms with Crippen molar-refractivity contribution >= 4 is 5.78 Å². The van der Waals surface area contributed by atoms with Gasteiger partial charge < -0.3 is 4.42 Å². The van der Waals surface area contributed by atoms with Gasteiger partial charge in [0, 0.05) is 11.5 Å². The minimum Gasteiger partial charge on any atom is -0.472 e. The summed E-state index contributed by atoms with van der Waals surface area (Å²) in [5, 5.41) is 0. The molecule has 1 aromatic carbocycles. The van der Waals surface area contributed by atoms with Gasteiger partial charge in [0.25, 0.3) is 0 Å². The third-order valence-electron chi connectivity index (χ3n) is 3.18. The fourth-order valence-electron chi connectivity index (χ4n) is 2.37. The van der Waals surface area contributed by atoms with Crippen molar-refractivity contribution < 1.29 is 9.21 Å². The van der Waals surface area contributed by atoms with Gasteiger partial charge in [0.1, 0.15) is 0 Å². The van der Waals surface area contributed by atoms with Crippen LogP contribution in [0.25, 0.3) is 0 Å². The number of carbonyl (C=O) groups is 1. The van der Waals surface area contributed by atoms with Crippen molar-refractivity contribution in [3.63, 3.8) is 0 Å². The second-order valence-electron chi connectivity index (χ2n) is 4.26. The third-order valence-corrected chi connectivity index (χ3v) is 3.18. The summed E-state index contributed by atoms with van der Waals surface area (Å²) in [5.41, 5.74) is 3.18. The van der Waals surface area contributed by atoms with Gasteiger partial charge in [-0.1, -0.05) is 24.3 Å². The van der Waals surface area contributed by atoms with Crippen molar-refractivity contribution in [3.8, 4) is 0 Å². The zero-order valence-corrected chi connectivity index (χ0v) is 8.85. The van der Waals surface area contributed by atoms with Gasteiger partial charge in [-0.05, 0) is 30.0 Å². The van der Waals surface area contributed by atoms with E-state index in [1.165, 1.54) is 5.56 Å². The Labute approximate surface area is 93.9 Å². The molecule has 0 spiro atoms. The van der Waals surface area contributed by atoms with E-state index < -0.39 is 0 Å². The second kappa shape index (κ2) is 3.63. The van der Waals surface area contributed by atoms with E-state index in [2.05, 4.69) is 0 Å². The molecule has 0 N–H and O–H groups in total. The van der Waals surface area contributed by atoms with Crippen molar-refractivity contribution in [3.05, 3.63) is 59.5 Å². The Morgan fingerprint density at radius 1 is 1.25 bits per heavy atom. The Balaban J connectivity index is 1.85. The SMILES string of the molecule is O=C1c2ccccc2CC1Cc1ccoc1. The first kappa shape index (κ1) is 9.40. The predicted octanol–water partition coefficient (Wildman–Crippen LogP) is 2.88. The number of Topliss-reactive ketones (excluding diaryl/α,β-unsaturated/α-hetero) is 1. The normalized spacial score (nSPS) is 18.8. The molecule has 2 nitrogen and oxygen atoms in total. The molecule has 0 fully saturated rings. The molecule has 0 radical (unpaired) electrons. The lowest BCUT2D eigenvalue weighted by Crippen LogP contribution is -2.11. The summed E-state index contributed by atoms with van der Waals surface area (Å²) >= 11 is 0. The van der Waals surface area contributed by atoms with Gasteiger partial charge >= 0.3 is 0 Å². The molecule has 0 saturated carbocycles. The Hall–Kier alpha value is -1.83. The number of rotatable bonds is 2. The molecular formula is C14H12O2. The number of benzene rings is 1. The Morgan fingerprint density at radius 2 is 2.12 bits per heavy atom. The van der Waals surface area contributed by atoms with Crippen molar-refractivity contribution in [2.45, 2.75) is 12.8 Å². The van der Waals surface area contributed by atoms with E-state index in [0.717, 1.165) is 24.0 Å². The van der Waals surface area contributed by atoms with Crippen LogP contribution >= 0.6 is 0 Å². The van der Waals surface area contributed by atoms with E-state index >= 15 is 0 Å². The molecule has 80 valence electrons. The highest BCUT2D eigenvalue weighted by molar-refractivity contribution is 6.02. The average Bonchev–Trinajstić information content (AvgIpc) is 2.90. The number of hydrogen-bond donors (Lipinski definition) is 0. The number of fused-ring (bicyclic) bond motifs is 1. The maximum absolute atomic E-state index is 12.1. The number of furan rings is 1. The van der Waals surface area contributed by atoms with E-state index in [9.17, 15) is 4.79 Å². The molecule has 1 atom stereocenters. The van der Waals surface area contributed by atoms with Crippen LogP contribution < -0.4 is 0 Å². The lowest BCUT2D eigenvalue weighted by Gasteiger charge is -2.04. The average molecular weight is 212 g/mol. The van der Waals surface area contributed by atoms with Crippen LogP contribution in [0.3, 0.4) is 0 Å². The zero-order valence-electron chi connectivity index (χ0n) is 8.85. The van der Waals surface area contributed by atoms with Gasteiger partial charge in [-0.2, -0.15) is 0 Å². The maximum atomic E-state index is 12.1. The first-order valence-corrected chi connectivity index (χ1v) is 5.48. The monoisotopic (exact) mass is 212 g/mol. The summed E-state index contributed by atoms with van der Waals surface area (Å²) < 4.78 is 5.03. The number of ketones is 1. The molecule has 0 amide bonds. The maximum Gasteiger partial charge on any atom is 0.166 e. The van der Waals surface area contributed by atoms with E-state index in [1.54, 1.807) is 12.5 Å². The van der Waals surface area contributed by atoms with Crippen molar-refractivity contribution in [2.75, 3.05) is 0 Å². The minimum atomic E-state index is 0.0926. The summed E-state index contributed by atoms with van der Waals surface area (Å²) in [6, 6.07) is 9.81. The van der Waals surface area contributed by atoms with Crippen LogP contribution in [0.5, 0.6) is 0 Å². The van der Waals surface area contributed by atoms with Crippen LogP contribution in [0.2, 0.25) is 0 Å². The summed E-state index contributed by atoms with van der Waals surface area (Å²) in [6.07, 6.45) is 5.02. The Bertz CT molecular complexity index is 509. The fourth-order valence-corrected chi connectivity index (χ4v) is 2.37. The topological polar surface area (TPSA) is 30.2 Å². The largest absolute Gasteiger partial charge is 0.472 e. The Kier molecular flexibility index (Phi) is 2.13. The fraction of sp³-hybridized carbons (Fsp3) is 0.214. The summed E-state index contributed by atoms with van der Waals surface area (Å²) in [5.74, 6) is 0.367. The Morgan fingerprint density at radius 3 is 2.88 bits per heavy atom. The van der Waals surface area contributed by atoms with E-state index in [1.807, 2.05) is 30.3 Å². The van der Waals surface area contributed by atoms with Gasteiger partial charge in [0.15, 0.2) is 5.78 Å². The molecule has 2 aromatic rings. The minimum absolute atomic E-state index is 0.0926. The molecule has 2 heteroatoms. The van der Waals surface area contributed by atoms with Crippen LogP contribution in [-0.4, -0.2) is 5.78 Å². The molecule has 1 heterocycles. The van der Waals surface area contributed by atoms with E-state index in [0.29, 0.717) is 0 Å². The van der Waals surface area contributed by atoms with Crippen LogP contribution in [-0.2, 0) is 12.8 Å². The van der Waals surface area contributed by atoms with E-state index in [4.69, 9.17) is 4.42 Å². The molecule has 0 bridgehead atoms. The van der Waals surface area contributed by atoms with Gasteiger partial charge in [-0.25, -0.2) is 0 Å². The molecular weight excluding hydrogens is 200 g/mol. The molecule has 0 aliphatic heterocycles. The van der Waals surface area contributed by atoms with Crippen LogP contribution in [0, 0.1) is 5.92 Å². The molecule has 1 unspecified atom stereocenters. The lowest BCUT2D eigenvalue weighted by atomic mass is 9.97. The zero-order chi connectivity index (χ0) is 11.0. The van der Waals surface area contributed by atoms with Crippen LogP contribution in [0.4, 0.5) is 0 Å². The molecule has 16 heavy (non-hydrogen) atoms.